The van der Waals surface area contributed by atoms with Gasteiger partial charge in [0.15, 0.2) is 5.96 Å². The Morgan fingerprint density at radius 2 is 1.83 bits per heavy atom. The summed E-state index contributed by atoms with van der Waals surface area (Å²) in [4.78, 5) is 5.57. The normalized spacial score (nSPS) is 11.5. The Labute approximate surface area is 159 Å². The van der Waals surface area contributed by atoms with E-state index in [0.717, 1.165) is 57.3 Å². The molecular weight excluding hydrogens is 386 g/mol. The van der Waals surface area contributed by atoms with Crippen LogP contribution in [-0.2, 0) is 4.74 Å². The molecule has 0 saturated heterocycles. The van der Waals surface area contributed by atoms with Gasteiger partial charge in [-0.1, -0.05) is 12.1 Å². The van der Waals surface area contributed by atoms with Crippen molar-refractivity contribution >= 4 is 33.7 Å². The highest BCUT2D eigenvalue weighted by atomic mass is 79.9. The van der Waals surface area contributed by atoms with Crippen LogP contribution in [0, 0.1) is 0 Å². The Bertz CT molecular complexity index is 471. The number of ether oxygens (including phenoxy) is 1. The lowest BCUT2D eigenvalue weighted by Gasteiger charge is -2.11. The van der Waals surface area contributed by atoms with Crippen molar-refractivity contribution in [2.75, 3.05) is 39.1 Å². The number of aliphatic imine (C=N–C) groups is 1. The number of guanidine groups is 1. The molecule has 0 bridgehead atoms. The van der Waals surface area contributed by atoms with Gasteiger partial charge in [0, 0.05) is 42.7 Å². The summed E-state index contributed by atoms with van der Waals surface area (Å²) in [6, 6.07) is 8.38. The van der Waals surface area contributed by atoms with Gasteiger partial charge in [-0.2, -0.15) is 0 Å². The summed E-state index contributed by atoms with van der Waals surface area (Å²) in [5.41, 5.74) is 0. The van der Waals surface area contributed by atoms with Crippen LogP contribution in [0.2, 0.25) is 0 Å². The van der Waals surface area contributed by atoms with Crippen molar-refractivity contribution in [1.29, 1.82) is 0 Å². The van der Waals surface area contributed by atoms with Gasteiger partial charge in [-0.05, 0) is 66.4 Å². The van der Waals surface area contributed by atoms with Crippen molar-refractivity contribution in [3.8, 4) is 0 Å². The van der Waals surface area contributed by atoms with E-state index in [-0.39, 0.29) is 0 Å². The van der Waals surface area contributed by atoms with Crippen molar-refractivity contribution in [2.45, 2.75) is 37.5 Å². The fourth-order valence-electron chi connectivity index (χ4n) is 2.08. The minimum atomic E-state index is 0.802. The lowest BCUT2D eigenvalue weighted by Crippen LogP contribution is -2.38. The fraction of sp³-hybridized carbons (Fsp3) is 0.611. The highest BCUT2D eigenvalue weighted by Gasteiger charge is 2.00. The molecule has 0 fully saturated rings. The van der Waals surface area contributed by atoms with Gasteiger partial charge in [0.25, 0.3) is 0 Å². The van der Waals surface area contributed by atoms with Crippen LogP contribution in [-0.4, -0.2) is 45.1 Å². The van der Waals surface area contributed by atoms with Gasteiger partial charge in [0.05, 0.1) is 0 Å². The van der Waals surface area contributed by atoms with Crippen molar-refractivity contribution in [2.24, 2.45) is 4.99 Å². The second-order valence-corrected chi connectivity index (χ2v) is 7.31. The van der Waals surface area contributed by atoms with E-state index in [9.17, 15) is 0 Å². The Balaban J connectivity index is 2.01. The lowest BCUT2D eigenvalue weighted by molar-refractivity contribution is 0.143. The maximum absolute atomic E-state index is 5.33. The van der Waals surface area contributed by atoms with Crippen molar-refractivity contribution in [3.63, 3.8) is 0 Å². The zero-order valence-electron chi connectivity index (χ0n) is 14.8. The van der Waals surface area contributed by atoms with Gasteiger partial charge >= 0.3 is 0 Å². The molecule has 1 aromatic rings. The molecule has 0 heterocycles. The smallest absolute Gasteiger partial charge is 0.190 e. The molecule has 0 unspecified atom stereocenters. The molecule has 0 saturated carbocycles. The van der Waals surface area contributed by atoms with E-state index in [1.54, 1.807) is 0 Å². The lowest BCUT2D eigenvalue weighted by atomic mass is 10.3. The quantitative estimate of drug-likeness (QED) is 0.231. The average molecular weight is 416 g/mol. The molecule has 0 aliphatic carbocycles. The van der Waals surface area contributed by atoms with E-state index in [0.29, 0.717) is 0 Å². The summed E-state index contributed by atoms with van der Waals surface area (Å²) in [5.74, 6) is 2.03. The zero-order chi connectivity index (χ0) is 17.5. The monoisotopic (exact) mass is 415 g/mol. The topological polar surface area (TPSA) is 45.6 Å². The molecule has 0 amide bonds. The number of hydrogen-bond acceptors (Lipinski definition) is 3. The Morgan fingerprint density at radius 3 is 2.50 bits per heavy atom. The molecule has 0 radical (unpaired) electrons. The van der Waals surface area contributed by atoms with Crippen LogP contribution in [0.3, 0.4) is 0 Å². The predicted molar refractivity (Wildman–Crippen MR) is 109 cm³/mol. The molecule has 1 aromatic carbocycles. The molecule has 24 heavy (non-hydrogen) atoms. The second kappa shape index (κ2) is 14.6. The third-order valence-corrected chi connectivity index (χ3v) is 5.51. The highest BCUT2D eigenvalue weighted by Crippen LogP contribution is 2.27. The Kier molecular flexibility index (Phi) is 13.0. The highest BCUT2D eigenvalue weighted by molar-refractivity contribution is 9.10. The Hall–Kier alpha value is -0.720. The molecule has 1 rings (SSSR count). The van der Waals surface area contributed by atoms with Gasteiger partial charge < -0.3 is 15.4 Å². The van der Waals surface area contributed by atoms with E-state index >= 15 is 0 Å². The van der Waals surface area contributed by atoms with Crippen LogP contribution >= 0.6 is 27.7 Å². The van der Waals surface area contributed by atoms with Crippen LogP contribution in [0.15, 0.2) is 38.6 Å². The number of nitrogens with one attached hydrogen (secondary N) is 2. The molecule has 0 aliphatic rings. The molecule has 2 N–H and O–H groups in total. The summed E-state index contributed by atoms with van der Waals surface area (Å²) in [6.07, 6.45) is 4.51. The molecule has 0 spiro atoms. The first-order valence-electron chi connectivity index (χ1n) is 8.67. The van der Waals surface area contributed by atoms with Gasteiger partial charge in [-0.3, -0.25) is 4.99 Å². The molecule has 4 nitrogen and oxygen atoms in total. The van der Waals surface area contributed by atoms with Gasteiger partial charge in [-0.25, -0.2) is 0 Å². The third-order valence-electron chi connectivity index (χ3n) is 3.39. The van der Waals surface area contributed by atoms with Gasteiger partial charge in [-0.15, -0.1) is 11.8 Å². The van der Waals surface area contributed by atoms with E-state index in [2.05, 4.69) is 49.8 Å². The minimum absolute atomic E-state index is 0.802. The molecule has 0 aliphatic heterocycles. The fourth-order valence-corrected chi connectivity index (χ4v) is 3.66. The molecule has 0 atom stereocenters. The van der Waals surface area contributed by atoms with Crippen molar-refractivity contribution in [1.82, 2.24) is 10.6 Å². The van der Waals surface area contributed by atoms with Crippen LogP contribution in [0.1, 0.15) is 32.6 Å². The maximum atomic E-state index is 5.33. The third kappa shape index (κ3) is 10.2. The number of thioether (sulfide) groups is 1. The molecular formula is C18H30BrN3OS. The summed E-state index contributed by atoms with van der Waals surface area (Å²) >= 11 is 5.49. The minimum Gasteiger partial charge on any atom is -0.382 e. The summed E-state index contributed by atoms with van der Waals surface area (Å²) < 4.78 is 6.51. The standard InChI is InChI=1S/C18H30BrN3OS/c1-3-23-14-8-6-12-21-18(20-2)22-13-7-9-15-24-17-11-5-4-10-16(17)19/h4-5,10-11H,3,6-9,12-15H2,1-2H3,(H2,20,21,22). The number of nitrogens with zero attached hydrogens (tertiary/aromatic N) is 1. The first-order valence-corrected chi connectivity index (χ1v) is 10.5. The van der Waals surface area contributed by atoms with E-state index in [4.69, 9.17) is 4.74 Å². The second-order valence-electron chi connectivity index (χ2n) is 5.32. The van der Waals surface area contributed by atoms with Gasteiger partial charge in [0.1, 0.15) is 0 Å². The van der Waals surface area contributed by atoms with Crippen LogP contribution in [0.25, 0.3) is 0 Å². The first kappa shape index (κ1) is 21.3. The number of hydrogen-bond donors (Lipinski definition) is 2. The number of unbranched alkanes of at least 4 members (excludes halogenated alkanes) is 2. The SMILES string of the molecule is CCOCCCCNC(=NC)NCCCCSc1ccccc1Br. The zero-order valence-corrected chi connectivity index (χ0v) is 17.2. The largest absolute Gasteiger partial charge is 0.382 e. The number of rotatable bonds is 12. The van der Waals surface area contributed by atoms with Crippen LogP contribution in [0.5, 0.6) is 0 Å². The van der Waals surface area contributed by atoms with E-state index < -0.39 is 0 Å². The van der Waals surface area contributed by atoms with E-state index in [1.165, 1.54) is 15.8 Å². The Morgan fingerprint density at radius 1 is 1.12 bits per heavy atom. The van der Waals surface area contributed by atoms with Crippen molar-refractivity contribution < 1.29 is 4.74 Å². The average Bonchev–Trinajstić information content (AvgIpc) is 2.60. The summed E-state index contributed by atoms with van der Waals surface area (Å²) in [5, 5.41) is 6.71. The van der Waals surface area contributed by atoms with E-state index in [1.807, 2.05) is 31.8 Å². The summed E-state index contributed by atoms with van der Waals surface area (Å²) in [7, 11) is 1.82. The van der Waals surface area contributed by atoms with Crippen molar-refractivity contribution in [3.05, 3.63) is 28.7 Å². The van der Waals surface area contributed by atoms with Gasteiger partial charge in [0.2, 0.25) is 0 Å². The number of benzene rings is 1. The molecule has 0 aromatic heterocycles. The number of halogens is 1. The predicted octanol–water partition coefficient (Wildman–Crippen LogP) is 4.30. The van der Waals surface area contributed by atoms with Crippen LogP contribution in [0.4, 0.5) is 0 Å². The maximum Gasteiger partial charge on any atom is 0.190 e. The first-order chi connectivity index (χ1) is 11.8. The molecule has 136 valence electrons. The molecule has 6 heteroatoms. The van der Waals surface area contributed by atoms with Crippen LogP contribution < -0.4 is 10.6 Å². The summed E-state index contributed by atoms with van der Waals surface area (Å²) in [6.45, 7) is 5.57.